The van der Waals surface area contributed by atoms with Crippen molar-refractivity contribution in [2.75, 3.05) is 13.2 Å². The summed E-state index contributed by atoms with van der Waals surface area (Å²) in [6.07, 6.45) is 2.11. The number of halogens is 2. The van der Waals surface area contributed by atoms with E-state index >= 15 is 0 Å². The van der Waals surface area contributed by atoms with E-state index in [0.29, 0.717) is 16.6 Å². The van der Waals surface area contributed by atoms with Crippen molar-refractivity contribution in [3.8, 4) is 5.75 Å². The molecule has 1 saturated heterocycles. The van der Waals surface area contributed by atoms with E-state index in [2.05, 4.69) is 4.90 Å². The number of benzene rings is 1. The first-order valence-electron chi connectivity index (χ1n) is 5.63. The fourth-order valence-electron chi connectivity index (χ4n) is 2.23. The molecule has 0 aliphatic carbocycles. The van der Waals surface area contributed by atoms with E-state index in [0.717, 1.165) is 24.9 Å². The molecule has 0 spiro atoms. The van der Waals surface area contributed by atoms with Gasteiger partial charge in [0.2, 0.25) is 0 Å². The van der Waals surface area contributed by atoms with Gasteiger partial charge in [0.15, 0.2) is 0 Å². The van der Waals surface area contributed by atoms with Crippen LogP contribution in [0.15, 0.2) is 12.1 Å². The van der Waals surface area contributed by atoms with Crippen molar-refractivity contribution in [2.45, 2.75) is 25.4 Å². The van der Waals surface area contributed by atoms with Crippen LogP contribution in [0.4, 0.5) is 0 Å². The van der Waals surface area contributed by atoms with Crippen LogP contribution in [0, 0.1) is 0 Å². The standard InChI is InChI=1S/C12H15Cl2NO2/c13-10-5-12(17)11(14)4-8(10)6-15-3-1-2-9(15)7-16/h4-5,9,16-17H,1-3,6-7H2/t9-/m1/s1. The fourth-order valence-corrected chi connectivity index (χ4v) is 2.63. The van der Waals surface area contributed by atoms with Crippen LogP contribution in [0.1, 0.15) is 18.4 Å². The van der Waals surface area contributed by atoms with Gasteiger partial charge >= 0.3 is 0 Å². The third-order valence-corrected chi connectivity index (χ3v) is 3.85. The summed E-state index contributed by atoms with van der Waals surface area (Å²) in [5.41, 5.74) is 0.884. The van der Waals surface area contributed by atoms with Crippen molar-refractivity contribution in [3.05, 3.63) is 27.7 Å². The second-order valence-corrected chi connectivity index (χ2v) is 5.16. The molecule has 0 aromatic heterocycles. The number of likely N-dealkylation sites (tertiary alicyclic amines) is 1. The summed E-state index contributed by atoms with van der Waals surface area (Å²) >= 11 is 11.9. The summed E-state index contributed by atoms with van der Waals surface area (Å²) in [7, 11) is 0. The third-order valence-electron chi connectivity index (χ3n) is 3.20. The number of nitrogens with zero attached hydrogens (tertiary/aromatic N) is 1. The van der Waals surface area contributed by atoms with E-state index in [1.165, 1.54) is 6.07 Å². The van der Waals surface area contributed by atoms with Gasteiger partial charge in [-0.05, 0) is 31.0 Å². The Labute approximate surface area is 111 Å². The van der Waals surface area contributed by atoms with Crippen LogP contribution in [-0.4, -0.2) is 34.3 Å². The number of aromatic hydroxyl groups is 1. The summed E-state index contributed by atoms with van der Waals surface area (Å²) in [5, 5.41) is 19.5. The Morgan fingerprint density at radius 2 is 2.06 bits per heavy atom. The molecule has 1 aliphatic rings. The van der Waals surface area contributed by atoms with E-state index in [1.54, 1.807) is 6.07 Å². The first-order chi connectivity index (χ1) is 8.11. The molecule has 1 aromatic carbocycles. The lowest BCUT2D eigenvalue weighted by Gasteiger charge is -2.23. The number of hydrogen-bond acceptors (Lipinski definition) is 3. The Morgan fingerprint density at radius 3 is 2.76 bits per heavy atom. The number of rotatable bonds is 3. The molecule has 1 heterocycles. The van der Waals surface area contributed by atoms with E-state index < -0.39 is 0 Å². The Bertz CT molecular complexity index is 412. The molecule has 0 radical (unpaired) electrons. The van der Waals surface area contributed by atoms with Gasteiger partial charge in [0, 0.05) is 23.7 Å². The maximum absolute atomic E-state index is 9.41. The van der Waals surface area contributed by atoms with E-state index in [4.69, 9.17) is 23.2 Å². The van der Waals surface area contributed by atoms with Crippen molar-refractivity contribution in [3.63, 3.8) is 0 Å². The van der Waals surface area contributed by atoms with Crippen LogP contribution >= 0.6 is 23.2 Å². The first-order valence-corrected chi connectivity index (χ1v) is 6.39. The molecule has 0 saturated carbocycles. The third kappa shape index (κ3) is 2.86. The van der Waals surface area contributed by atoms with Gasteiger partial charge in [0.1, 0.15) is 5.75 Å². The lowest BCUT2D eigenvalue weighted by Crippen LogP contribution is -2.31. The molecule has 1 aromatic rings. The fraction of sp³-hybridized carbons (Fsp3) is 0.500. The quantitative estimate of drug-likeness (QED) is 0.892. The minimum absolute atomic E-state index is 0.000506. The minimum atomic E-state index is 0.000506. The van der Waals surface area contributed by atoms with Gasteiger partial charge in [-0.3, -0.25) is 4.90 Å². The van der Waals surface area contributed by atoms with Crippen LogP contribution in [0.25, 0.3) is 0 Å². The lowest BCUT2D eigenvalue weighted by molar-refractivity contribution is 0.153. The normalized spacial score (nSPS) is 21.0. The molecular weight excluding hydrogens is 261 g/mol. The summed E-state index contributed by atoms with van der Waals surface area (Å²) < 4.78 is 0. The zero-order chi connectivity index (χ0) is 12.4. The predicted octanol–water partition coefficient (Wildman–Crippen LogP) is 2.66. The number of phenolic OH excluding ortho intramolecular Hbond substituents is 1. The summed E-state index contributed by atoms with van der Waals surface area (Å²) in [5.74, 6) is 0.000506. The van der Waals surface area contributed by atoms with Gasteiger partial charge in [-0.25, -0.2) is 0 Å². The average Bonchev–Trinajstić information content (AvgIpc) is 2.73. The Kier molecular flexibility index (Phi) is 4.15. The lowest BCUT2D eigenvalue weighted by atomic mass is 10.2. The van der Waals surface area contributed by atoms with Crippen LogP contribution in [0.2, 0.25) is 10.0 Å². The summed E-state index contributed by atoms with van der Waals surface area (Å²) in [6, 6.07) is 3.36. The maximum atomic E-state index is 9.41. The molecule has 0 unspecified atom stereocenters. The first kappa shape index (κ1) is 13.0. The Hall–Kier alpha value is -0.480. The van der Waals surface area contributed by atoms with Crippen LogP contribution in [0.3, 0.4) is 0 Å². The zero-order valence-corrected chi connectivity index (χ0v) is 10.9. The molecule has 5 heteroatoms. The number of aliphatic hydroxyl groups excluding tert-OH is 1. The largest absolute Gasteiger partial charge is 0.506 e. The SMILES string of the molecule is OC[C@H]1CCCN1Cc1cc(Cl)c(O)cc1Cl. The second kappa shape index (κ2) is 5.44. The van der Waals surface area contributed by atoms with Gasteiger partial charge < -0.3 is 10.2 Å². The van der Waals surface area contributed by atoms with E-state index in [-0.39, 0.29) is 18.4 Å². The zero-order valence-electron chi connectivity index (χ0n) is 9.37. The van der Waals surface area contributed by atoms with Crippen molar-refractivity contribution < 1.29 is 10.2 Å². The predicted molar refractivity (Wildman–Crippen MR) is 68.6 cm³/mol. The van der Waals surface area contributed by atoms with Gasteiger partial charge in [-0.1, -0.05) is 23.2 Å². The molecule has 2 N–H and O–H groups in total. The molecule has 3 nitrogen and oxygen atoms in total. The molecule has 17 heavy (non-hydrogen) atoms. The smallest absolute Gasteiger partial charge is 0.135 e. The molecule has 94 valence electrons. The van der Waals surface area contributed by atoms with E-state index in [9.17, 15) is 10.2 Å². The highest BCUT2D eigenvalue weighted by Gasteiger charge is 2.24. The number of phenols is 1. The maximum Gasteiger partial charge on any atom is 0.135 e. The molecular formula is C12H15Cl2NO2. The number of aliphatic hydroxyl groups is 1. The minimum Gasteiger partial charge on any atom is -0.506 e. The Morgan fingerprint density at radius 1 is 1.29 bits per heavy atom. The van der Waals surface area contributed by atoms with E-state index in [1.807, 2.05) is 0 Å². The summed E-state index contributed by atoms with van der Waals surface area (Å²) in [4.78, 5) is 2.19. The molecule has 1 fully saturated rings. The van der Waals surface area contributed by atoms with Crippen molar-refractivity contribution in [1.82, 2.24) is 4.90 Å². The van der Waals surface area contributed by atoms with Crippen LogP contribution in [0.5, 0.6) is 5.75 Å². The molecule has 2 rings (SSSR count). The van der Waals surface area contributed by atoms with Crippen molar-refractivity contribution in [1.29, 1.82) is 0 Å². The van der Waals surface area contributed by atoms with Gasteiger partial charge in [0.05, 0.1) is 11.6 Å². The van der Waals surface area contributed by atoms with Crippen molar-refractivity contribution in [2.24, 2.45) is 0 Å². The average molecular weight is 276 g/mol. The monoisotopic (exact) mass is 275 g/mol. The van der Waals surface area contributed by atoms with Crippen LogP contribution in [-0.2, 0) is 6.54 Å². The highest BCUT2D eigenvalue weighted by Crippen LogP contribution is 2.31. The second-order valence-electron chi connectivity index (χ2n) is 4.34. The molecule has 0 amide bonds. The molecule has 1 aliphatic heterocycles. The summed E-state index contributed by atoms with van der Waals surface area (Å²) in [6.45, 7) is 1.79. The number of hydrogen-bond donors (Lipinski definition) is 2. The Balaban J connectivity index is 2.15. The highest BCUT2D eigenvalue weighted by molar-refractivity contribution is 6.34. The topological polar surface area (TPSA) is 43.7 Å². The molecule has 1 atom stereocenters. The van der Waals surface area contributed by atoms with Gasteiger partial charge in [-0.15, -0.1) is 0 Å². The van der Waals surface area contributed by atoms with Gasteiger partial charge in [-0.2, -0.15) is 0 Å². The van der Waals surface area contributed by atoms with Crippen LogP contribution < -0.4 is 0 Å². The van der Waals surface area contributed by atoms with Crippen molar-refractivity contribution >= 4 is 23.2 Å². The highest BCUT2D eigenvalue weighted by atomic mass is 35.5. The van der Waals surface area contributed by atoms with Gasteiger partial charge in [0.25, 0.3) is 0 Å². The molecule has 0 bridgehead atoms.